The Morgan fingerprint density at radius 1 is 0.880 bits per heavy atom. The maximum atomic E-state index is 11.3. The third-order valence-electron chi connectivity index (χ3n) is 4.35. The highest BCUT2D eigenvalue weighted by Gasteiger charge is 2.26. The number of anilines is 2. The van der Waals surface area contributed by atoms with Gasteiger partial charge in [-0.15, -0.1) is 0 Å². The van der Waals surface area contributed by atoms with Crippen LogP contribution < -0.4 is 9.80 Å². The average molecular weight is 342 g/mol. The van der Waals surface area contributed by atoms with Crippen molar-refractivity contribution in [1.82, 2.24) is 0 Å². The van der Waals surface area contributed by atoms with Crippen LogP contribution in [0.3, 0.4) is 0 Å². The van der Waals surface area contributed by atoms with E-state index in [4.69, 9.17) is 0 Å². The van der Waals surface area contributed by atoms with Crippen molar-refractivity contribution in [3.8, 4) is 0 Å². The van der Waals surface area contributed by atoms with E-state index >= 15 is 0 Å². The highest BCUT2D eigenvalue weighted by Crippen LogP contribution is 2.33. The summed E-state index contributed by atoms with van der Waals surface area (Å²) in [6.45, 7) is 4.74. The van der Waals surface area contributed by atoms with E-state index in [-0.39, 0.29) is 11.4 Å². The van der Waals surface area contributed by atoms with Gasteiger partial charge in [0.2, 0.25) is 0 Å². The first-order valence-corrected chi connectivity index (χ1v) is 7.95. The van der Waals surface area contributed by atoms with Gasteiger partial charge in [0.1, 0.15) is 5.69 Å². The SMILES string of the molecule is Cc1cccc(N2CCN(c3ccc([N+](=O)[O-])cc3[N+](=O)[O-])CC2)c1. The number of hydrogen-bond donors (Lipinski definition) is 0. The zero-order valence-corrected chi connectivity index (χ0v) is 13.8. The highest BCUT2D eigenvalue weighted by molar-refractivity contribution is 5.67. The lowest BCUT2D eigenvalue weighted by Crippen LogP contribution is -2.46. The topological polar surface area (TPSA) is 92.8 Å². The molecule has 8 heteroatoms. The van der Waals surface area contributed by atoms with Crippen molar-refractivity contribution >= 4 is 22.7 Å². The van der Waals surface area contributed by atoms with Gasteiger partial charge in [0.25, 0.3) is 11.4 Å². The van der Waals surface area contributed by atoms with Gasteiger partial charge >= 0.3 is 0 Å². The maximum absolute atomic E-state index is 11.3. The highest BCUT2D eigenvalue weighted by atomic mass is 16.6. The van der Waals surface area contributed by atoms with Crippen LogP contribution in [-0.2, 0) is 0 Å². The fraction of sp³-hybridized carbons (Fsp3) is 0.294. The van der Waals surface area contributed by atoms with Gasteiger partial charge in [-0.05, 0) is 30.7 Å². The fourth-order valence-corrected chi connectivity index (χ4v) is 3.07. The second-order valence-electron chi connectivity index (χ2n) is 6.00. The van der Waals surface area contributed by atoms with Crippen LogP contribution >= 0.6 is 0 Å². The fourth-order valence-electron chi connectivity index (χ4n) is 3.07. The molecule has 25 heavy (non-hydrogen) atoms. The summed E-state index contributed by atoms with van der Waals surface area (Å²) < 4.78 is 0. The third-order valence-corrected chi connectivity index (χ3v) is 4.35. The quantitative estimate of drug-likeness (QED) is 0.626. The molecule has 8 nitrogen and oxygen atoms in total. The summed E-state index contributed by atoms with van der Waals surface area (Å²) in [5.41, 5.74) is 2.26. The zero-order chi connectivity index (χ0) is 18.0. The number of piperazine rings is 1. The number of aryl methyl sites for hydroxylation is 1. The van der Waals surface area contributed by atoms with Crippen LogP contribution in [0.5, 0.6) is 0 Å². The molecule has 0 bridgehead atoms. The Balaban J connectivity index is 1.78. The molecule has 0 N–H and O–H groups in total. The number of hydrogen-bond acceptors (Lipinski definition) is 6. The first kappa shape index (κ1) is 16.7. The van der Waals surface area contributed by atoms with Crippen LogP contribution in [0.1, 0.15) is 5.56 Å². The number of nitrogens with zero attached hydrogens (tertiary/aromatic N) is 4. The Morgan fingerprint density at radius 3 is 2.16 bits per heavy atom. The Labute approximate surface area is 144 Å². The number of non-ortho nitro benzene ring substituents is 1. The largest absolute Gasteiger partial charge is 0.368 e. The minimum Gasteiger partial charge on any atom is -0.368 e. The van der Waals surface area contributed by atoms with Crippen molar-refractivity contribution in [3.63, 3.8) is 0 Å². The molecule has 3 rings (SSSR count). The van der Waals surface area contributed by atoms with Crippen molar-refractivity contribution in [2.24, 2.45) is 0 Å². The van der Waals surface area contributed by atoms with Crippen LogP contribution in [-0.4, -0.2) is 36.0 Å². The molecule has 130 valence electrons. The third kappa shape index (κ3) is 3.52. The predicted octanol–water partition coefficient (Wildman–Crippen LogP) is 3.14. The molecule has 0 saturated carbocycles. The number of rotatable bonds is 4. The van der Waals surface area contributed by atoms with Gasteiger partial charge in [-0.2, -0.15) is 0 Å². The van der Waals surface area contributed by atoms with Crippen molar-refractivity contribution in [2.75, 3.05) is 36.0 Å². The van der Waals surface area contributed by atoms with E-state index in [0.29, 0.717) is 18.8 Å². The minimum absolute atomic E-state index is 0.224. The predicted molar refractivity (Wildman–Crippen MR) is 95.4 cm³/mol. The minimum atomic E-state index is -0.619. The number of nitro benzene ring substituents is 2. The second-order valence-corrected chi connectivity index (χ2v) is 6.00. The van der Waals surface area contributed by atoms with Crippen molar-refractivity contribution < 1.29 is 9.85 Å². The average Bonchev–Trinajstić information content (AvgIpc) is 2.61. The number of benzene rings is 2. The van der Waals surface area contributed by atoms with Gasteiger partial charge < -0.3 is 9.80 Å². The molecule has 2 aromatic carbocycles. The molecule has 1 aliphatic rings. The Kier molecular flexibility index (Phi) is 4.51. The van der Waals surface area contributed by atoms with E-state index < -0.39 is 9.85 Å². The van der Waals surface area contributed by atoms with Crippen molar-refractivity contribution in [1.29, 1.82) is 0 Å². The van der Waals surface area contributed by atoms with Gasteiger partial charge in [-0.3, -0.25) is 20.2 Å². The lowest BCUT2D eigenvalue weighted by Gasteiger charge is -2.37. The Hall–Kier alpha value is -3.16. The van der Waals surface area contributed by atoms with E-state index in [0.717, 1.165) is 24.8 Å². The Morgan fingerprint density at radius 2 is 1.56 bits per heavy atom. The molecule has 1 heterocycles. The van der Waals surface area contributed by atoms with Crippen LogP contribution in [0.25, 0.3) is 0 Å². The molecule has 0 unspecified atom stereocenters. The molecule has 1 saturated heterocycles. The van der Waals surface area contributed by atoms with Crippen molar-refractivity contribution in [3.05, 3.63) is 68.3 Å². The van der Waals surface area contributed by atoms with Gasteiger partial charge in [0, 0.05) is 37.9 Å². The molecule has 0 aliphatic carbocycles. The summed E-state index contributed by atoms with van der Waals surface area (Å²) >= 11 is 0. The first-order valence-electron chi connectivity index (χ1n) is 7.95. The van der Waals surface area contributed by atoms with Crippen LogP contribution in [0.15, 0.2) is 42.5 Å². The molecule has 0 radical (unpaired) electrons. The van der Waals surface area contributed by atoms with E-state index in [1.54, 1.807) is 0 Å². The van der Waals surface area contributed by atoms with E-state index in [1.165, 1.54) is 17.7 Å². The molecule has 1 aliphatic heterocycles. The summed E-state index contributed by atoms with van der Waals surface area (Å²) in [6.07, 6.45) is 0. The molecule has 0 atom stereocenters. The van der Waals surface area contributed by atoms with E-state index in [1.807, 2.05) is 24.0 Å². The smallest absolute Gasteiger partial charge is 0.299 e. The molecule has 0 aromatic heterocycles. The molecule has 0 amide bonds. The second kappa shape index (κ2) is 6.76. The van der Waals surface area contributed by atoms with Gasteiger partial charge in [-0.25, -0.2) is 0 Å². The summed E-state index contributed by atoms with van der Waals surface area (Å²) in [6, 6.07) is 12.0. The summed E-state index contributed by atoms with van der Waals surface area (Å²) in [5, 5.41) is 22.2. The normalized spacial score (nSPS) is 14.4. The van der Waals surface area contributed by atoms with E-state index in [9.17, 15) is 20.2 Å². The first-order chi connectivity index (χ1) is 12.0. The molecule has 2 aromatic rings. The Bertz CT molecular complexity index is 816. The summed E-state index contributed by atoms with van der Waals surface area (Å²) in [7, 11) is 0. The lowest BCUT2D eigenvalue weighted by atomic mass is 10.1. The molecule has 0 spiro atoms. The van der Waals surface area contributed by atoms with E-state index in [2.05, 4.69) is 17.0 Å². The molecular formula is C17H18N4O4. The standard InChI is InChI=1S/C17H18N4O4/c1-13-3-2-4-14(11-13)18-7-9-19(10-8-18)16-6-5-15(20(22)23)12-17(16)21(24)25/h2-6,11-12H,7-10H2,1H3. The monoisotopic (exact) mass is 342 g/mol. The van der Waals surface area contributed by atoms with Crippen molar-refractivity contribution in [2.45, 2.75) is 6.92 Å². The van der Waals surface area contributed by atoms with Gasteiger partial charge in [0.15, 0.2) is 0 Å². The van der Waals surface area contributed by atoms with Gasteiger partial charge in [0.05, 0.1) is 15.9 Å². The lowest BCUT2D eigenvalue weighted by molar-refractivity contribution is -0.393. The molecular weight excluding hydrogens is 324 g/mol. The summed E-state index contributed by atoms with van der Waals surface area (Å²) in [5.74, 6) is 0. The molecule has 1 fully saturated rings. The number of nitro groups is 2. The van der Waals surface area contributed by atoms with Crippen LogP contribution in [0, 0.1) is 27.2 Å². The zero-order valence-electron chi connectivity index (χ0n) is 13.8. The van der Waals surface area contributed by atoms with Crippen LogP contribution in [0.2, 0.25) is 0 Å². The van der Waals surface area contributed by atoms with Crippen LogP contribution in [0.4, 0.5) is 22.7 Å². The maximum Gasteiger partial charge on any atom is 0.299 e. The summed E-state index contributed by atoms with van der Waals surface area (Å²) in [4.78, 5) is 25.1. The van der Waals surface area contributed by atoms with Gasteiger partial charge in [-0.1, -0.05) is 12.1 Å².